The summed E-state index contributed by atoms with van der Waals surface area (Å²) in [6.45, 7) is 3.12. The zero-order valence-corrected chi connectivity index (χ0v) is 16.7. The Hall–Kier alpha value is -3.94. The number of esters is 1. The van der Waals surface area contributed by atoms with Gasteiger partial charge in [0, 0.05) is 32.0 Å². The van der Waals surface area contributed by atoms with Crippen molar-refractivity contribution in [3.8, 4) is 0 Å². The maximum Gasteiger partial charge on any atom is 0.338 e. The second-order valence-corrected chi connectivity index (χ2v) is 6.84. The van der Waals surface area contributed by atoms with E-state index in [1.54, 1.807) is 12.1 Å². The molecule has 30 heavy (non-hydrogen) atoms. The highest BCUT2D eigenvalue weighted by atomic mass is 16.5. The van der Waals surface area contributed by atoms with E-state index in [0.717, 1.165) is 10.6 Å². The quantitative estimate of drug-likeness (QED) is 0.430. The molecule has 154 valence electrons. The molecule has 0 saturated carbocycles. The molecule has 0 spiro atoms. The van der Waals surface area contributed by atoms with Crippen molar-refractivity contribution in [3.63, 3.8) is 0 Å². The van der Waals surface area contributed by atoms with Crippen molar-refractivity contribution in [1.29, 1.82) is 0 Å². The third-order valence-corrected chi connectivity index (χ3v) is 4.52. The molecule has 8 heteroatoms. The van der Waals surface area contributed by atoms with Crippen LogP contribution in [0.5, 0.6) is 0 Å². The highest BCUT2D eigenvalue weighted by Crippen LogP contribution is 2.24. The number of carbonyl (C=O) groups excluding carboxylic acids is 4. The first-order valence-corrected chi connectivity index (χ1v) is 9.17. The van der Waals surface area contributed by atoms with E-state index in [1.165, 1.54) is 24.3 Å². The zero-order chi connectivity index (χ0) is 21.8. The van der Waals surface area contributed by atoms with Crippen LogP contribution < -0.4 is 10.2 Å². The first-order chi connectivity index (χ1) is 14.3. The maximum absolute atomic E-state index is 12.3. The molecule has 0 atom stereocenters. The van der Waals surface area contributed by atoms with Crippen LogP contribution in [0.1, 0.15) is 31.1 Å². The van der Waals surface area contributed by atoms with Crippen molar-refractivity contribution in [2.45, 2.75) is 0 Å². The molecule has 1 aliphatic rings. The number of ether oxygens (including phenoxy) is 1. The minimum Gasteiger partial charge on any atom is -0.452 e. The van der Waals surface area contributed by atoms with Gasteiger partial charge < -0.3 is 15.0 Å². The molecule has 0 aliphatic carbocycles. The number of hydrogen-bond donors (Lipinski definition) is 1. The average Bonchev–Trinajstić information content (AvgIpc) is 2.97. The van der Waals surface area contributed by atoms with Gasteiger partial charge in [0.2, 0.25) is 0 Å². The smallest absolute Gasteiger partial charge is 0.338 e. The second kappa shape index (κ2) is 8.60. The van der Waals surface area contributed by atoms with Crippen LogP contribution in [0.15, 0.2) is 55.1 Å². The number of anilines is 2. The SMILES string of the molecule is C=CCN1C(=O)c2ccc(C(=O)OCC(=O)Nc3ccc(N(C)C)cc3)cc2C1=O. The Kier molecular flexibility index (Phi) is 5.96. The van der Waals surface area contributed by atoms with E-state index >= 15 is 0 Å². The average molecular weight is 407 g/mol. The van der Waals surface area contributed by atoms with Gasteiger partial charge in [-0.2, -0.15) is 0 Å². The summed E-state index contributed by atoms with van der Waals surface area (Å²) in [4.78, 5) is 51.9. The van der Waals surface area contributed by atoms with Crippen LogP contribution in [-0.2, 0) is 9.53 Å². The fraction of sp³-hybridized carbons (Fsp3) is 0.182. The minimum atomic E-state index is -0.765. The molecule has 0 aromatic heterocycles. The molecule has 0 radical (unpaired) electrons. The molecular weight excluding hydrogens is 386 g/mol. The van der Waals surface area contributed by atoms with Crippen molar-refractivity contribution < 1.29 is 23.9 Å². The molecule has 2 aromatic rings. The standard InChI is InChI=1S/C22H21N3O5/c1-4-11-25-20(27)17-10-5-14(12-18(17)21(25)28)22(29)30-13-19(26)23-15-6-8-16(9-7-15)24(2)3/h4-10,12H,1,11,13H2,2-3H3,(H,23,26). The van der Waals surface area contributed by atoms with E-state index in [9.17, 15) is 19.2 Å². The molecule has 0 saturated heterocycles. The van der Waals surface area contributed by atoms with Gasteiger partial charge >= 0.3 is 5.97 Å². The fourth-order valence-corrected chi connectivity index (χ4v) is 2.97. The lowest BCUT2D eigenvalue weighted by Gasteiger charge is -2.13. The zero-order valence-electron chi connectivity index (χ0n) is 16.7. The van der Waals surface area contributed by atoms with Crippen LogP contribution in [0.3, 0.4) is 0 Å². The van der Waals surface area contributed by atoms with Crippen LogP contribution in [0.4, 0.5) is 11.4 Å². The molecule has 1 heterocycles. The Morgan fingerprint density at radius 3 is 2.37 bits per heavy atom. The second-order valence-electron chi connectivity index (χ2n) is 6.84. The van der Waals surface area contributed by atoms with Gasteiger partial charge in [0.25, 0.3) is 17.7 Å². The number of carbonyl (C=O) groups is 4. The van der Waals surface area contributed by atoms with E-state index in [1.807, 2.05) is 31.1 Å². The number of benzene rings is 2. The van der Waals surface area contributed by atoms with Crippen LogP contribution in [-0.4, -0.2) is 55.8 Å². The third-order valence-electron chi connectivity index (χ3n) is 4.52. The number of hydrogen-bond acceptors (Lipinski definition) is 6. The highest BCUT2D eigenvalue weighted by molar-refractivity contribution is 6.22. The van der Waals surface area contributed by atoms with Crippen molar-refractivity contribution in [3.05, 3.63) is 71.8 Å². The number of rotatable bonds is 7. The summed E-state index contributed by atoms with van der Waals surface area (Å²) in [5.74, 6) is -2.19. The number of fused-ring (bicyclic) bond motifs is 1. The van der Waals surface area contributed by atoms with E-state index in [0.29, 0.717) is 5.69 Å². The first kappa shape index (κ1) is 20.8. The van der Waals surface area contributed by atoms with Crippen molar-refractivity contribution in [1.82, 2.24) is 4.90 Å². The lowest BCUT2D eigenvalue weighted by molar-refractivity contribution is -0.119. The number of amides is 3. The Labute approximate surface area is 173 Å². The predicted octanol–water partition coefficient (Wildman–Crippen LogP) is 2.33. The van der Waals surface area contributed by atoms with Gasteiger partial charge in [-0.3, -0.25) is 19.3 Å². The number of nitrogens with zero attached hydrogens (tertiary/aromatic N) is 2. The van der Waals surface area contributed by atoms with Gasteiger partial charge in [-0.25, -0.2) is 4.79 Å². The number of nitrogens with one attached hydrogen (secondary N) is 1. The van der Waals surface area contributed by atoms with E-state index in [4.69, 9.17) is 4.74 Å². The Morgan fingerprint density at radius 2 is 1.73 bits per heavy atom. The fourth-order valence-electron chi connectivity index (χ4n) is 2.97. The van der Waals surface area contributed by atoms with Crippen molar-refractivity contribution in [2.75, 3.05) is 37.5 Å². The number of imide groups is 1. The molecule has 1 aliphatic heterocycles. The summed E-state index contributed by atoms with van der Waals surface area (Å²) in [5.41, 5.74) is 1.99. The van der Waals surface area contributed by atoms with E-state index in [2.05, 4.69) is 11.9 Å². The normalized spacial score (nSPS) is 12.4. The van der Waals surface area contributed by atoms with Crippen LogP contribution in [0.25, 0.3) is 0 Å². The van der Waals surface area contributed by atoms with Gasteiger partial charge in [0.05, 0.1) is 16.7 Å². The molecule has 0 fully saturated rings. The maximum atomic E-state index is 12.3. The lowest BCUT2D eigenvalue weighted by Crippen LogP contribution is -2.29. The first-order valence-electron chi connectivity index (χ1n) is 9.17. The van der Waals surface area contributed by atoms with Gasteiger partial charge in [-0.05, 0) is 42.5 Å². The largest absolute Gasteiger partial charge is 0.452 e. The molecule has 1 N–H and O–H groups in total. The predicted molar refractivity (Wildman–Crippen MR) is 112 cm³/mol. The summed E-state index contributed by atoms with van der Waals surface area (Å²) in [7, 11) is 3.82. The molecule has 3 rings (SSSR count). The van der Waals surface area contributed by atoms with E-state index in [-0.39, 0.29) is 23.2 Å². The summed E-state index contributed by atoms with van der Waals surface area (Å²) >= 11 is 0. The minimum absolute atomic E-state index is 0.0819. The summed E-state index contributed by atoms with van der Waals surface area (Å²) in [6.07, 6.45) is 1.45. The molecule has 3 amide bonds. The van der Waals surface area contributed by atoms with Crippen molar-refractivity contribution in [2.24, 2.45) is 0 Å². The Balaban J connectivity index is 1.60. The molecule has 0 bridgehead atoms. The van der Waals surface area contributed by atoms with Gasteiger partial charge in [-0.15, -0.1) is 6.58 Å². The molecule has 0 unspecified atom stereocenters. The monoisotopic (exact) mass is 407 g/mol. The summed E-state index contributed by atoms with van der Waals surface area (Å²) in [6, 6.07) is 11.3. The molecule has 8 nitrogen and oxygen atoms in total. The van der Waals surface area contributed by atoms with Crippen LogP contribution in [0, 0.1) is 0 Å². The lowest BCUT2D eigenvalue weighted by atomic mass is 10.1. The van der Waals surface area contributed by atoms with Gasteiger partial charge in [0.15, 0.2) is 6.61 Å². The summed E-state index contributed by atoms with van der Waals surface area (Å²) in [5, 5.41) is 2.64. The highest BCUT2D eigenvalue weighted by Gasteiger charge is 2.35. The van der Waals surface area contributed by atoms with Gasteiger partial charge in [0.1, 0.15) is 0 Å². The molecular formula is C22H21N3O5. The van der Waals surface area contributed by atoms with Crippen molar-refractivity contribution >= 4 is 35.1 Å². The Bertz CT molecular complexity index is 1030. The topological polar surface area (TPSA) is 96.0 Å². The van der Waals surface area contributed by atoms with Gasteiger partial charge in [-0.1, -0.05) is 6.08 Å². The van der Waals surface area contributed by atoms with E-state index < -0.39 is 30.3 Å². The van der Waals surface area contributed by atoms with Crippen LogP contribution in [0.2, 0.25) is 0 Å². The summed E-state index contributed by atoms with van der Waals surface area (Å²) < 4.78 is 5.04. The third kappa shape index (κ3) is 4.22. The Morgan fingerprint density at radius 1 is 1.07 bits per heavy atom. The molecule has 2 aromatic carbocycles. The van der Waals surface area contributed by atoms with Crippen LogP contribution >= 0.6 is 0 Å².